The summed E-state index contributed by atoms with van der Waals surface area (Å²) in [6, 6.07) is 13.4. The van der Waals surface area contributed by atoms with E-state index in [4.69, 9.17) is 9.57 Å². The maximum atomic E-state index is 13.0. The van der Waals surface area contributed by atoms with E-state index in [9.17, 15) is 4.79 Å². The van der Waals surface area contributed by atoms with Gasteiger partial charge in [-0.1, -0.05) is 34.7 Å². The van der Waals surface area contributed by atoms with E-state index in [-0.39, 0.29) is 18.2 Å². The van der Waals surface area contributed by atoms with E-state index in [1.54, 1.807) is 19.5 Å². The van der Waals surface area contributed by atoms with Crippen LogP contribution in [-0.2, 0) is 27.6 Å². The number of benzene rings is 1. The lowest BCUT2D eigenvalue weighted by atomic mass is 10.1. The van der Waals surface area contributed by atoms with Crippen molar-refractivity contribution in [1.29, 1.82) is 0 Å². The molecule has 7 nitrogen and oxygen atoms in total. The fourth-order valence-corrected chi connectivity index (χ4v) is 4.50. The van der Waals surface area contributed by atoms with Crippen LogP contribution in [0, 0.1) is 0 Å². The van der Waals surface area contributed by atoms with Gasteiger partial charge in [0.1, 0.15) is 0 Å². The number of hydrogen-bond donors (Lipinski definition) is 1. The summed E-state index contributed by atoms with van der Waals surface area (Å²) in [6.45, 7) is 0.615. The molecule has 0 aliphatic heterocycles. The van der Waals surface area contributed by atoms with Gasteiger partial charge in [-0.3, -0.25) is 15.1 Å². The third-order valence-corrected chi connectivity index (χ3v) is 6.56. The minimum atomic E-state index is -0.387. The Morgan fingerprint density at radius 1 is 1.19 bits per heavy atom. The van der Waals surface area contributed by atoms with Crippen molar-refractivity contribution >= 4 is 39.8 Å². The average Bonchev–Trinajstić information content (AvgIpc) is 3.50. The first-order valence-electron chi connectivity index (χ1n) is 9.83. The number of oxime groups is 1. The smallest absolute Gasteiger partial charge is 0.280 e. The molecule has 9 heteroatoms. The summed E-state index contributed by atoms with van der Waals surface area (Å²) in [7, 11) is 1.62. The normalized spacial score (nSPS) is 13.8. The zero-order valence-corrected chi connectivity index (χ0v) is 18.6. The molecule has 2 aromatic heterocycles. The second kappa shape index (κ2) is 10.5. The molecule has 0 radical (unpaired) electrons. The lowest BCUT2D eigenvalue weighted by molar-refractivity contribution is -0.110. The number of pyridine rings is 1. The Labute approximate surface area is 188 Å². The number of carbonyl (C=O) groups is 1. The molecule has 1 amide bonds. The number of ether oxygens (including phenoxy) is 1. The van der Waals surface area contributed by atoms with Crippen LogP contribution in [0.25, 0.3) is 0 Å². The highest BCUT2D eigenvalue weighted by Gasteiger charge is 2.23. The van der Waals surface area contributed by atoms with Crippen molar-refractivity contribution in [3.8, 4) is 0 Å². The molecule has 1 saturated carbocycles. The Kier molecular flexibility index (Phi) is 7.29. The molecule has 1 fully saturated rings. The molecule has 31 heavy (non-hydrogen) atoms. The number of hydrogen-bond acceptors (Lipinski definition) is 8. The van der Waals surface area contributed by atoms with E-state index in [0.717, 1.165) is 15.8 Å². The van der Waals surface area contributed by atoms with Crippen LogP contribution in [0.1, 0.15) is 29.0 Å². The Bertz CT molecular complexity index is 1030. The molecule has 2 heterocycles. The number of nitrogens with zero attached hydrogens (tertiary/aromatic N) is 3. The minimum absolute atomic E-state index is 0.169. The predicted molar refractivity (Wildman–Crippen MR) is 122 cm³/mol. The molecule has 0 saturated heterocycles. The molecule has 0 bridgehead atoms. The van der Waals surface area contributed by atoms with E-state index >= 15 is 0 Å². The number of amides is 1. The minimum Gasteiger partial charge on any atom is -0.389 e. The molecule has 4 rings (SSSR count). The van der Waals surface area contributed by atoms with Crippen molar-refractivity contribution in [1.82, 2.24) is 9.97 Å². The number of anilines is 1. The Balaban J connectivity index is 1.50. The molecular weight excluding hydrogens is 432 g/mol. The molecule has 1 aliphatic carbocycles. The van der Waals surface area contributed by atoms with Gasteiger partial charge in [-0.2, -0.15) is 0 Å². The summed E-state index contributed by atoms with van der Waals surface area (Å²) in [6.07, 6.45) is 5.90. The highest BCUT2D eigenvalue weighted by Crippen LogP contribution is 2.39. The summed E-state index contributed by atoms with van der Waals surface area (Å²) in [5, 5.41) is 8.15. The van der Waals surface area contributed by atoms with E-state index in [0.29, 0.717) is 17.3 Å². The lowest BCUT2D eigenvalue weighted by Crippen LogP contribution is -2.24. The molecule has 1 N–H and O–H groups in total. The van der Waals surface area contributed by atoms with Gasteiger partial charge in [0.05, 0.1) is 17.2 Å². The first-order chi connectivity index (χ1) is 15.2. The standard InChI is InChI=1S/C22H22N4O3S2/c1-28-14-19-12-24-22(31-19)25-21(27)20(26-29-13-16-4-2-3-11-23-16)15-5-7-17(8-6-15)30-18-9-10-18/h2-8,11-12,18H,9-10,13-14H2,1H3,(H,24,25,27)/b26-20+. The van der Waals surface area contributed by atoms with E-state index in [1.807, 2.05) is 54.2 Å². The van der Waals surface area contributed by atoms with Crippen LogP contribution in [0.4, 0.5) is 5.13 Å². The van der Waals surface area contributed by atoms with Crippen LogP contribution in [0.3, 0.4) is 0 Å². The van der Waals surface area contributed by atoms with Gasteiger partial charge in [-0.25, -0.2) is 4.98 Å². The molecule has 0 unspecified atom stereocenters. The van der Waals surface area contributed by atoms with Gasteiger partial charge in [0.25, 0.3) is 5.91 Å². The second-order valence-corrected chi connectivity index (χ2v) is 9.38. The van der Waals surface area contributed by atoms with E-state index < -0.39 is 0 Å². The van der Waals surface area contributed by atoms with Crippen molar-refractivity contribution in [3.63, 3.8) is 0 Å². The summed E-state index contributed by atoms with van der Waals surface area (Å²) < 4.78 is 5.11. The molecule has 0 atom stereocenters. The number of thioether (sulfide) groups is 1. The third kappa shape index (κ3) is 6.36. The van der Waals surface area contributed by atoms with Crippen LogP contribution in [-0.4, -0.2) is 33.9 Å². The van der Waals surface area contributed by atoms with Crippen molar-refractivity contribution in [3.05, 3.63) is 71.0 Å². The largest absolute Gasteiger partial charge is 0.389 e. The van der Waals surface area contributed by atoms with Gasteiger partial charge < -0.3 is 9.57 Å². The van der Waals surface area contributed by atoms with Gasteiger partial charge in [0, 0.05) is 35.2 Å². The zero-order valence-electron chi connectivity index (χ0n) is 17.0. The highest BCUT2D eigenvalue weighted by atomic mass is 32.2. The van der Waals surface area contributed by atoms with Gasteiger partial charge in [-0.15, -0.1) is 11.8 Å². The van der Waals surface area contributed by atoms with E-state index in [1.165, 1.54) is 29.1 Å². The van der Waals surface area contributed by atoms with Crippen LogP contribution in [0.2, 0.25) is 0 Å². The van der Waals surface area contributed by atoms with Gasteiger partial charge in [0.2, 0.25) is 0 Å². The van der Waals surface area contributed by atoms with Gasteiger partial charge in [-0.05, 0) is 37.1 Å². The fraction of sp³-hybridized carbons (Fsp3) is 0.273. The van der Waals surface area contributed by atoms with Crippen molar-refractivity contribution < 1.29 is 14.4 Å². The molecule has 1 aliphatic rings. The SMILES string of the molecule is COCc1cnc(NC(=O)/C(=N/OCc2ccccn2)c2ccc(SC3CC3)cc2)s1. The molecule has 3 aromatic rings. The summed E-state index contributed by atoms with van der Waals surface area (Å²) >= 11 is 3.22. The second-order valence-electron chi connectivity index (χ2n) is 6.89. The van der Waals surface area contributed by atoms with Crippen LogP contribution in [0.15, 0.2) is 64.9 Å². The zero-order chi connectivity index (χ0) is 21.5. The number of thiazole rings is 1. The summed E-state index contributed by atoms with van der Waals surface area (Å²) in [4.78, 5) is 29.0. The first kappa shape index (κ1) is 21.5. The predicted octanol–water partition coefficient (Wildman–Crippen LogP) is 4.50. The number of aromatic nitrogens is 2. The molecule has 160 valence electrons. The number of nitrogens with one attached hydrogen (secondary N) is 1. The number of carbonyl (C=O) groups excluding carboxylic acids is 1. The number of methoxy groups -OCH3 is 1. The van der Waals surface area contributed by atoms with Crippen LogP contribution < -0.4 is 5.32 Å². The quantitative estimate of drug-likeness (QED) is 0.359. The Hall–Kier alpha value is -2.75. The third-order valence-electron chi connectivity index (χ3n) is 4.32. The Morgan fingerprint density at radius 3 is 2.74 bits per heavy atom. The Morgan fingerprint density at radius 2 is 2.03 bits per heavy atom. The lowest BCUT2D eigenvalue weighted by Gasteiger charge is -2.08. The maximum absolute atomic E-state index is 13.0. The highest BCUT2D eigenvalue weighted by molar-refractivity contribution is 8.00. The first-order valence-corrected chi connectivity index (χ1v) is 11.5. The van der Waals surface area contributed by atoms with Crippen molar-refractivity contribution in [2.45, 2.75) is 36.2 Å². The molecular formula is C22H22N4O3S2. The fourth-order valence-electron chi connectivity index (χ4n) is 2.67. The topological polar surface area (TPSA) is 85.7 Å². The molecule has 0 spiro atoms. The van der Waals surface area contributed by atoms with Crippen molar-refractivity contribution in [2.24, 2.45) is 5.16 Å². The average molecular weight is 455 g/mol. The van der Waals surface area contributed by atoms with Crippen LogP contribution >= 0.6 is 23.1 Å². The van der Waals surface area contributed by atoms with Crippen LogP contribution in [0.5, 0.6) is 0 Å². The molecule has 1 aromatic carbocycles. The summed E-state index contributed by atoms with van der Waals surface area (Å²) in [5.74, 6) is -0.387. The maximum Gasteiger partial charge on any atom is 0.280 e. The van der Waals surface area contributed by atoms with Gasteiger partial charge >= 0.3 is 0 Å². The van der Waals surface area contributed by atoms with Gasteiger partial charge in [0.15, 0.2) is 17.5 Å². The van der Waals surface area contributed by atoms with Crippen molar-refractivity contribution in [2.75, 3.05) is 12.4 Å². The monoisotopic (exact) mass is 454 g/mol. The number of rotatable bonds is 10. The summed E-state index contributed by atoms with van der Waals surface area (Å²) in [5.41, 5.74) is 1.58. The van der Waals surface area contributed by atoms with E-state index in [2.05, 4.69) is 20.4 Å².